The van der Waals surface area contributed by atoms with Gasteiger partial charge in [-0.2, -0.15) is 0 Å². The third-order valence-corrected chi connectivity index (χ3v) is 6.22. The highest BCUT2D eigenvalue weighted by Crippen LogP contribution is 2.21. The monoisotopic (exact) mass is 840 g/mol. The topological polar surface area (TPSA) is 214 Å². The molecule has 2 aromatic rings. The lowest BCUT2D eigenvalue weighted by Gasteiger charge is -2.26. The van der Waals surface area contributed by atoms with Gasteiger partial charge in [0.1, 0.15) is 5.78 Å². The molecule has 0 fully saturated rings. The van der Waals surface area contributed by atoms with E-state index in [0.717, 1.165) is 11.1 Å². The number of rotatable bonds is 6. The molecule has 2 rings (SSSR count). The van der Waals surface area contributed by atoms with E-state index in [1.807, 2.05) is 104 Å². The molecule has 16 nitrogen and oxygen atoms in total. The number of carbonyl (C=O) groups is 6. The number of hydrogen-bond acceptors (Lipinski definition) is 9. The smallest absolute Gasteiger partial charge is 0.407 e. The van der Waals surface area contributed by atoms with Crippen LogP contribution in [0.1, 0.15) is 105 Å². The van der Waals surface area contributed by atoms with E-state index in [1.54, 1.807) is 35.4 Å². The molecule has 342 valence electrons. The number of Topliss-reactive ketones (excluding diaryl/α,β-unsaturated/α-hetero) is 1. The summed E-state index contributed by atoms with van der Waals surface area (Å²) in [7, 11) is 10.7. The Morgan fingerprint density at radius 2 is 0.814 bits per heavy atom. The predicted molar refractivity (Wildman–Crippen MR) is 241 cm³/mol. The van der Waals surface area contributed by atoms with Crippen molar-refractivity contribution in [3.8, 4) is 0 Å². The third-order valence-electron chi connectivity index (χ3n) is 6.22. The molecule has 0 aliphatic carbocycles. The summed E-state index contributed by atoms with van der Waals surface area (Å²) in [6, 6.07) is 15.9. The lowest BCUT2D eigenvalue weighted by atomic mass is 9.94. The Morgan fingerprint density at radius 3 is 1.02 bits per heavy atom. The van der Waals surface area contributed by atoms with Crippen molar-refractivity contribution in [3.05, 3.63) is 70.8 Å². The predicted octanol–water partition coefficient (Wildman–Crippen LogP) is 7.07. The second-order valence-corrected chi connectivity index (χ2v) is 13.3. The number of benzene rings is 2. The highest BCUT2D eigenvalue weighted by molar-refractivity contribution is 5.75. The minimum absolute atomic E-state index is 0.00463. The zero-order valence-corrected chi connectivity index (χ0v) is 39.9. The molecule has 7 amide bonds. The van der Waals surface area contributed by atoms with Crippen LogP contribution in [-0.2, 0) is 34.9 Å². The molecule has 7 N–H and O–H groups in total. The maximum atomic E-state index is 11.2. The molecule has 16 heteroatoms. The van der Waals surface area contributed by atoms with Crippen LogP contribution in [0, 0.1) is 13.8 Å². The van der Waals surface area contributed by atoms with Gasteiger partial charge < -0.3 is 56.2 Å². The van der Waals surface area contributed by atoms with Gasteiger partial charge in [0.2, 0.25) is 5.91 Å². The molecule has 2 aromatic carbocycles. The van der Waals surface area contributed by atoms with Crippen molar-refractivity contribution in [1.29, 1.82) is 0 Å². The fraction of sp³-hybridized carbons (Fsp3) is 0.581. The van der Waals surface area contributed by atoms with Crippen LogP contribution in [0.5, 0.6) is 0 Å². The molecule has 59 heavy (non-hydrogen) atoms. The highest BCUT2D eigenvalue weighted by Gasteiger charge is 2.23. The lowest BCUT2D eigenvalue weighted by Crippen LogP contribution is -2.45. The summed E-state index contributed by atoms with van der Waals surface area (Å²) in [5.41, 5.74) is 3.80. The first kappa shape index (κ1) is 65.5. The van der Waals surface area contributed by atoms with E-state index in [-0.39, 0.29) is 35.4 Å². The Morgan fingerprint density at radius 1 is 0.525 bits per heavy atom. The maximum Gasteiger partial charge on any atom is 0.407 e. The SMILES string of the molecule is CC(C)=O.CCC.CCNC(=O)NC.CCNC(=O)OC.CNC(=O)NC(C)(C)c1ccc(C)cc1.CNC(C)=O.COC.COC(=O)NC(C)(C)c1ccc(C)cc1. The van der Waals surface area contributed by atoms with Gasteiger partial charge >= 0.3 is 24.2 Å². The van der Waals surface area contributed by atoms with Gasteiger partial charge in [0, 0.05) is 55.4 Å². The molecule has 0 atom stereocenters. The van der Waals surface area contributed by atoms with Gasteiger partial charge in [-0.3, -0.25) is 4.79 Å². The number of alkyl carbamates (subject to hydrolysis) is 2. The van der Waals surface area contributed by atoms with E-state index in [1.165, 1.54) is 52.5 Å². The Labute approximate surface area is 356 Å². The molecular weight excluding hydrogens is 759 g/mol. The molecule has 0 aliphatic heterocycles. The maximum absolute atomic E-state index is 11.2. The number of amides is 7. The largest absolute Gasteiger partial charge is 0.453 e. The average molecular weight is 840 g/mol. The summed E-state index contributed by atoms with van der Waals surface area (Å²) in [5.74, 6) is 0.171. The van der Waals surface area contributed by atoms with E-state index in [9.17, 15) is 28.8 Å². The highest BCUT2D eigenvalue weighted by atomic mass is 16.5. The van der Waals surface area contributed by atoms with E-state index >= 15 is 0 Å². The third kappa shape index (κ3) is 48.7. The summed E-state index contributed by atoms with van der Waals surface area (Å²) in [4.78, 5) is 61.8. The molecule has 0 bridgehead atoms. The Bertz CT molecular complexity index is 1270. The van der Waals surface area contributed by atoms with Gasteiger partial charge in [0.05, 0.1) is 25.3 Å². The van der Waals surface area contributed by atoms with E-state index in [4.69, 9.17) is 0 Å². The Hall–Kier alpha value is -5.38. The van der Waals surface area contributed by atoms with Crippen LogP contribution < -0.4 is 37.2 Å². The first-order valence-corrected chi connectivity index (χ1v) is 19.2. The minimum atomic E-state index is -0.416. The molecular formula is C43H81N7O9. The van der Waals surface area contributed by atoms with Crippen molar-refractivity contribution in [2.24, 2.45) is 0 Å². The number of carbonyl (C=O) groups excluding carboxylic acids is 6. The lowest BCUT2D eigenvalue weighted by molar-refractivity contribution is -0.118. The summed E-state index contributed by atoms with van der Waals surface area (Å²) < 4.78 is 13.1. The summed E-state index contributed by atoms with van der Waals surface area (Å²) in [5, 5.41) is 18.0. The van der Waals surface area contributed by atoms with E-state index in [0.29, 0.717) is 13.1 Å². The van der Waals surface area contributed by atoms with Crippen LogP contribution >= 0.6 is 0 Å². The summed E-state index contributed by atoms with van der Waals surface area (Å²) in [6.45, 7) is 25.7. The number of urea groups is 2. The molecule has 0 spiro atoms. The first-order valence-electron chi connectivity index (χ1n) is 19.2. The van der Waals surface area contributed by atoms with Gasteiger partial charge in [-0.1, -0.05) is 79.9 Å². The summed E-state index contributed by atoms with van der Waals surface area (Å²) >= 11 is 0. The second-order valence-electron chi connectivity index (χ2n) is 13.3. The zero-order chi connectivity index (χ0) is 47.6. The van der Waals surface area contributed by atoms with Gasteiger partial charge in [0.25, 0.3) is 0 Å². The average Bonchev–Trinajstić information content (AvgIpc) is 3.16. The van der Waals surface area contributed by atoms with Crippen LogP contribution in [0.2, 0.25) is 0 Å². The van der Waals surface area contributed by atoms with E-state index < -0.39 is 11.6 Å². The number of ether oxygens (including phenoxy) is 3. The van der Waals surface area contributed by atoms with Crippen LogP contribution in [0.4, 0.5) is 19.2 Å². The van der Waals surface area contributed by atoms with Crippen LogP contribution in [-0.4, -0.2) is 98.6 Å². The van der Waals surface area contributed by atoms with Gasteiger partial charge in [-0.15, -0.1) is 0 Å². The van der Waals surface area contributed by atoms with Gasteiger partial charge in [-0.25, -0.2) is 19.2 Å². The normalized spacial score (nSPS) is 9.02. The fourth-order valence-corrected chi connectivity index (χ4v) is 3.20. The fourth-order valence-electron chi connectivity index (χ4n) is 3.20. The quantitative estimate of drug-likeness (QED) is 0.158. The van der Waals surface area contributed by atoms with Crippen molar-refractivity contribution in [3.63, 3.8) is 0 Å². The number of aryl methyl sites for hydroxylation is 2. The van der Waals surface area contributed by atoms with Crippen LogP contribution in [0.3, 0.4) is 0 Å². The number of nitrogens with one attached hydrogen (secondary N) is 7. The van der Waals surface area contributed by atoms with Crippen LogP contribution in [0.25, 0.3) is 0 Å². The van der Waals surface area contributed by atoms with Crippen molar-refractivity contribution >= 4 is 35.9 Å². The molecule has 0 heterocycles. The molecule has 0 radical (unpaired) electrons. The number of ketones is 1. The summed E-state index contributed by atoms with van der Waals surface area (Å²) in [6.07, 6.45) is 0.461. The first-order chi connectivity index (χ1) is 27.4. The second kappa shape index (κ2) is 42.2. The number of hydrogen-bond donors (Lipinski definition) is 7. The van der Waals surface area contributed by atoms with Crippen LogP contribution in [0.15, 0.2) is 48.5 Å². The van der Waals surface area contributed by atoms with E-state index in [2.05, 4.69) is 65.3 Å². The van der Waals surface area contributed by atoms with Crippen molar-refractivity contribution < 1.29 is 43.0 Å². The zero-order valence-electron chi connectivity index (χ0n) is 39.9. The standard InChI is InChI=1S/C12H18N2O.C12H17NO2.C4H10N2O.C4H9NO2.C3H7NO.C3H6O.C3H8.C2H6O/c1-9-5-7-10(8-6-9)12(2,3)14-11(15)13-4;1-9-5-7-10(8-6-9)12(2,3)13-11(14)15-4;1-3-6-4(7)5-2;1-3-5-4(6)7-2;1-3(5)4-2;1-3(2)4;2*1-3-2/h5-8H,1-4H3,(H2,13,14,15);5-8H,1-4H3,(H,13,14);3H2,1-2H3,(H2,5,6,7);3H2,1-2H3,(H,5,6);1-2H3,(H,4,5);1-2H3;3H2,1-2H3;1-2H3. The molecule has 0 aliphatic rings. The Balaban J connectivity index is -0.000000147. The molecule has 0 unspecified atom stereocenters. The molecule has 0 saturated heterocycles. The molecule has 0 saturated carbocycles. The number of methoxy groups -OCH3 is 3. The minimum Gasteiger partial charge on any atom is -0.453 e. The van der Waals surface area contributed by atoms with Gasteiger partial charge in [-0.05, 0) is 80.4 Å². The van der Waals surface area contributed by atoms with Crippen molar-refractivity contribution in [2.45, 2.75) is 108 Å². The van der Waals surface area contributed by atoms with Crippen molar-refractivity contribution in [1.82, 2.24) is 37.2 Å². The van der Waals surface area contributed by atoms with Crippen molar-refractivity contribution in [2.75, 3.05) is 62.7 Å². The Kier molecular flexibility index (Phi) is 46.9. The van der Waals surface area contributed by atoms with Gasteiger partial charge in [0.15, 0.2) is 0 Å². The molecule has 0 aromatic heterocycles.